The predicted octanol–water partition coefficient (Wildman–Crippen LogP) is 3.55. The smallest absolute Gasteiger partial charge is 0.270 e. The van der Waals surface area contributed by atoms with Crippen molar-refractivity contribution < 1.29 is 17.9 Å². The fraction of sp³-hybridized carbons (Fsp3) is 0.263. The fourth-order valence-corrected chi connectivity index (χ4v) is 4.42. The minimum atomic E-state index is -4.02. The van der Waals surface area contributed by atoms with Gasteiger partial charge in [0.05, 0.1) is 16.4 Å². The normalized spacial score (nSPS) is 11.9. The highest BCUT2D eigenvalue weighted by Crippen LogP contribution is 2.25. The molecular weight excluding hydrogens is 396 g/mol. The first-order valence-corrected chi connectivity index (χ1v) is 10.3. The van der Waals surface area contributed by atoms with Gasteiger partial charge in [-0.15, -0.1) is 0 Å². The van der Waals surface area contributed by atoms with E-state index >= 15 is 0 Å². The van der Waals surface area contributed by atoms with Crippen LogP contribution in [-0.4, -0.2) is 33.8 Å². The van der Waals surface area contributed by atoms with Crippen molar-refractivity contribution in [2.75, 3.05) is 0 Å². The van der Waals surface area contributed by atoms with Crippen molar-refractivity contribution in [3.63, 3.8) is 0 Å². The fourth-order valence-electron chi connectivity index (χ4n) is 2.79. The first kappa shape index (κ1) is 20.6. The zero-order chi connectivity index (χ0) is 21.2. The molecule has 1 aromatic heterocycles. The van der Waals surface area contributed by atoms with Gasteiger partial charge < -0.3 is 4.52 Å². The number of nitro groups is 1. The van der Waals surface area contributed by atoms with Crippen LogP contribution in [0.4, 0.5) is 5.69 Å². The summed E-state index contributed by atoms with van der Waals surface area (Å²) in [4.78, 5) is 14.5. The van der Waals surface area contributed by atoms with Gasteiger partial charge in [-0.2, -0.15) is 9.29 Å². The summed E-state index contributed by atoms with van der Waals surface area (Å²) >= 11 is 0. The maximum absolute atomic E-state index is 13.1. The van der Waals surface area contributed by atoms with Crippen molar-refractivity contribution >= 4 is 15.7 Å². The molecule has 10 heteroatoms. The summed E-state index contributed by atoms with van der Waals surface area (Å²) in [6, 6.07) is 12.0. The largest absolute Gasteiger partial charge is 0.338 e. The molecule has 9 nitrogen and oxygen atoms in total. The lowest BCUT2D eigenvalue weighted by Crippen LogP contribution is -2.36. The molecule has 3 aromatic rings. The Morgan fingerprint density at radius 2 is 1.90 bits per heavy atom. The summed E-state index contributed by atoms with van der Waals surface area (Å²) in [6.45, 7) is 5.19. The van der Waals surface area contributed by atoms with Crippen LogP contribution in [0.5, 0.6) is 0 Å². The van der Waals surface area contributed by atoms with E-state index < -0.39 is 21.0 Å². The molecule has 0 atom stereocenters. The maximum atomic E-state index is 13.1. The molecule has 0 N–H and O–H groups in total. The van der Waals surface area contributed by atoms with E-state index in [9.17, 15) is 18.5 Å². The Morgan fingerprint density at radius 3 is 2.55 bits per heavy atom. The Morgan fingerprint density at radius 1 is 1.17 bits per heavy atom. The molecule has 152 valence electrons. The number of hydrogen-bond donors (Lipinski definition) is 0. The number of benzene rings is 2. The lowest BCUT2D eigenvalue weighted by Gasteiger charge is -2.24. The van der Waals surface area contributed by atoms with Crippen LogP contribution in [0.15, 0.2) is 57.9 Å². The highest BCUT2D eigenvalue weighted by molar-refractivity contribution is 7.89. The van der Waals surface area contributed by atoms with Gasteiger partial charge in [-0.25, -0.2) is 8.42 Å². The van der Waals surface area contributed by atoms with Crippen LogP contribution in [0.3, 0.4) is 0 Å². The quantitative estimate of drug-likeness (QED) is 0.427. The summed E-state index contributed by atoms with van der Waals surface area (Å²) in [5.74, 6) is 0.490. The van der Waals surface area contributed by atoms with Crippen LogP contribution in [0, 0.1) is 17.0 Å². The minimum Gasteiger partial charge on any atom is -0.338 e. The van der Waals surface area contributed by atoms with E-state index in [1.54, 1.807) is 13.8 Å². The van der Waals surface area contributed by atoms with E-state index in [2.05, 4.69) is 10.1 Å². The summed E-state index contributed by atoms with van der Waals surface area (Å²) in [5, 5.41) is 14.9. The van der Waals surface area contributed by atoms with Gasteiger partial charge in [0.25, 0.3) is 5.69 Å². The number of rotatable bonds is 7. The van der Waals surface area contributed by atoms with Gasteiger partial charge in [0.15, 0.2) is 0 Å². The third-order valence-electron chi connectivity index (χ3n) is 4.25. The summed E-state index contributed by atoms with van der Waals surface area (Å²) < 4.78 is 32.6. The summed E-state index contributed by atoms with van der Waals surface area (Å²) in [7, 11) is -4.02. The molecule has 0 unspecified atom stereocenters. The number of nitrogens with zero attached hydrogens (tertiary/aromatic N) is 4. The van der Waals surface area contributed by atoms with E-state index in [0.29, 0.717) is 5.82 Å². The Labute approximate surface area is 168 Å². The Kier molecular flexibility index (Phi) is 5.76. The van der Waals surface area contributed by atoms with Crippen molar-refractivity contribution in [1.82, 2.24) is 14.4 Å². The summed E-state index contributed by atoms with van der Waals surface area (Å²) in [5.41, 5.74) is 1.50. The number of sulfonamides is 1. The molecule has 0 fully saturated rings. The van der Waals surface area contributed by atoms with Crippen molar-refractivity contribution in [3.05, 3.63) is 70.1 Å². The average Bonchev–Trinajstić information content (AvgIpc) is 3.14. The van der Waals surface area contributed by atoms with Gasteiger partial charge >= 0.3 is 0 Å². The van der Waals surface area contributed by atoms with Gasteiger partial charge in [0.2, 0.25) is 21.7 Å². The highest BCUT2D eigenvalue weighted by Gasteiger charge is 2.30. The molecule has 29 heavy (non-hydrogen) atoms. The second-order valence-corrected chi connectivity index (χ2v) is 8.67. The van der Waals surface area contributed by atoms with Gasteiger partial charge in [0, 0.05) is 23.7 Å². The molecular formula is C19H20N4O5S. The van der Waals surface area contributed by atoms with Gasteiger partial charge in [-0.3, -0.25) is 10.1 Å². The zero-order valence-corrected chi connectivity index (χ0v) is 17.0. The predicted molar refractivity (Wildman–Crippen MR) is 105 cm³/mol. The van der Waals surface area contributed by atoms with E-state index in [1.165, 1.54) is 22.5 Å². The Hall–Kier alpha value is -3.11. The van der Waals surface area contributed by atoms with Crippen LogP contribution < -0.4 is 0 Å². The number of nitro benzene ring substituents is 1. The molecule has 0 spiro atoms. The second-order valence-electron chi connectivity index (χ2n) is 6.78. The molecule has 0 aliphatic carbocycles. The highest BCUT2D eigenvalue weighted by atomic mass is 32.2. The average molecular weight is 416 g/mol. The lowest BCUT2D eigenvalue weighted by molar-refractivity contribution is -0.385. The molecule has 1 heterocycles. The maximum Gasteiger partial charge on any atom is 0.270 e. The first-order valence-electron chi connectivity index (χ1n) is 8.84. The number of non-ortho nitro benzene ring substituents is 1. The molecule has 0 bridgehead atoms. The lowest BCUT2D eigenvalue weighted by atomic mass is 10.1. The van der Waals surface area contributed by atoms with Crippen LogP contribution in [-0.2, 0) is 16.6 Å². The molecule has 3 rings (SSSR count). The van der Waals surface area contributed by atoms with Crippen molar-refractivity contribution in [3.8, 4) is 11.4 Å². The molecule has 2 aromatic carbocycles. The standard InChI is InChI=1S/C19H20N4O5S/c1-13(2)22(29(26,27)17-9-5-8-16(11-17)23(24)25)12-18-20-19(21-28-18)15-7-4-6-14(3)10-15/h4-11,13H,12H2,1-3H3. The third-order valence-corrected chi connectivity index (χ3v) is 6.26. The SMILES string of the molecule is Cc1cccc(-c2noc(CN(C(C)C)S(=O)(=O)c3cccc([N+](=O)[O-])c3)n2)c1. The van der Waals surface area contributed by atoms with Crippen LogP contribution in [0.1, 0.15) is 25.3 Å². The van der Waals surface area contributed by atoms with Crippen molar-refractivity contribution in [1.29, 1.82) is 0 Å². The molecule has 0 aliphatic heterocycles. The third kappa shape index (κ3) is 4.49. The Bertz CT molecular complexity index is 1140. The minimum absolute atomic E-state index is 0.129. The summed E-state index contributed by atoms with van der Waals surface area (Å²) in [6.07, 6.45) is 0. The topological polar surface area (TPSA) is 119 Å². The molecule has 0 amide bonds. The number of aryl methyl sites for hydroxylation is 1. The molecule has 0 aliphatic rings. The van der Waals surface area contributed by atoms with Gasteiger partial charge in [0.1, 0.15) is 0 Å². The van der Waals surface area contributed by atoms with Crippen LogP contribution >= 0.6 is 0 Å². The van der Waals surface area contributed by atoms with Crippen molar-refractivity contribution in [2.24, 2.45) is 0 Å². The number of hydrogen-bond acceptors (Lipinski definition) is 7. The van der Waals surface area contributed by atoms with Gasteiger partial charge in [-0.05, 0) is 32.9 Å². The monoisotopic (exact) mass is 416 g/mol. The van der Waals surface area contributed by atoms with E-state index in [4.69, 9.17) is 4.52 Å². The Balaban J connectivity index is 1.91. The van der Waals surface area contributed by atoms with Crippen LogP contribution in [0.25, 0.3) is 11.4 Å². The van der Waals surface area contributed by atoms with Crippen molar-refractivity contribution in [2.45, 2.75) is 38.3 Å². The van der Waals surface area contributed by atoms with E-state index in [0.717, 1.165) is 17.2 Å². The molecule has 0 saturated heterocycles. The van der Waals surface area contributed by atoms with Gasteiger partial charge in [-0.1, -0.05) is 35.0 Å². The van der Waals surface area contributed by atoms with Crippen LogP contribution in [0.2, 0.25) is 0 Å². The first-order chi connectivity index (χ1) is 13.7. The van der Waals surface area contributed by atoms with E-state index in [-0.39, 0.29) is 23.0 Å². The van der Waals surface area contributed by atoms with E-state index in [1.807, 2.05) is 31.2 Å². The molecule has 0 saturated carbocycles. The molecule has 0 radical (unpaired) electrons. The zero-order valence-electron chi connectivity index (χ0n) is 16.1. The number of aromatic nitrogens is 2. The second kappa shape index (κ2) is 8.10.